The van der Waals surface area contributed by atoms with Crippen molar-refractivity contribution in [2.24, 2.45) is 0 Å². The molecule has 0 bridgehead atoms. The van der Waals surface area contributed by atoms with E-state index >= 15 is 0 Å². The Morgan fingerprint density at radius 2 is 1.95 bits per heavy atom. The number of hydrogen-bond acceptors (Lipinski definition) is 4. The first-order valence-electron chi connectivity index (χ1n) is 7.58. The predicted molar refractivity (Wildman–Crippen MR) is 83.4 cm³/mol. The number of nitrogens with zero attached hydrogens (tertiary/aromatic N) is 2. The molecule has 1 saturated heterocycles. The van der Waals surface area contributed by atoms with Gasteiger partial charge in [-0.3, -0.25) is 9.69 Å². The van der Waals surface area contributed by atoms with Crippen molar-refractivity contribution in [1.82, 2.24) is 15.1 Å². The number of carbonyl (C=O) groups excluding carboxylic acids is 1. The monoisotopic (exact) mass is 291 g/mol. The van der Waals surface area contributed by atoms with Crippen LogP contribution in [0.3, 0.4) is 0 Å². The second-order valence-corrected chi connectivity index (χ2v) is 5.35. The first-order valence-corrected chi connectivity index (χ1v) is 7.58. The zero-order valence-electron chi connectivity index (χ0n) is 13.0. The number of piperazine rings is 1. The molecule has 0 saturated carbocycles. The van der Waals surface area contributed by atoms with Crippen molar-refractivity contribution in [2.75, 3.05) is 46.4 Å². The Bertz CT molecular complexity index is 441. The van der Waals surface area contributed by atoms with E-state index in [-0.39, 0.29) is 5.91 Å². The Morgan fingerprint density at radius 1 is 1.29 bits per heavy atom. The molecule has 5 heteroatoms. The number of rotatable bonds is 6. The van der Waals surface area contributed by atoms with Crippen LogP contribution in [0.2, 0.25) is 0 Å². The maximum atomic E-state index is 12.2. The van der Waals surface area contributed by atoms with Crippen molar-refractivity contribution in [3.63, 3.8) is 0 Å². The van der Waals surface area contributed by atoms with Gasteiger partial charge in [-0.15, -0.1) is 0 Å². The van der Waals surface area contributed by atoms with E-state index in [1.165, 1.54) is 0 Å². The summed E-state index contributed by atoms with van der Waals surface area (Å²) in [5.41, 5.74) is 1.12. The molecule has 2 rings (SSSR count). The van der Waals surface area contributed by atoms with Gasteiger partial charge >= 0.3 is 0 Å². The highest BCUT2D eigenvalue weighted by atomic mass is 16.5. The van der Waals surface area contributed by atoms with Gasteiger partial charge in [-0.25, -0.2) is 0 Å². The van der Waals surface area contributed by atoms with Crippen molar-refractivity contribution < 1.29 is 9.53 Å². The van der Waals surface area contributed by atoms with Crippen LogP contribution < -0.4 is 10.1 Å². The molecule has 0 aromatic heterocycles. The summed E-state index contributed by atoms with van der Waals surface area (Å²) >= 11 is 0. The molecule has 1 aromatic carbocycles. The lowest BCUT2D eigenvalue weighted by Crippen LogP contribution is -2.47. The molecule has 21 heavy (non-hydrogen) atoms. The van der Waals surface area contributed by atoms with Gasteiger partial charge in [-0.1, -0.05) is 12.1 Å². The molecule has 1 fully saturated rings. The van der Waals surface area contributed by atoms with Crippen LogP contribution in [0.25, 0.3) is 0 Å². The van der Waals surface area contributed by atoms with Gasteiger partial charge < -0.3 is 15.0 Å². The second kappa shape index (κ2) is 8.00. The van der Waals surface area contributed by atoms with E-state index in [1.807, 2.05) is 38.2 Å². The van der Waals surface area contributed by atoms with E-state index in [9.17, 15) is 4.79 Å². The summed E-state index contributed by atoms with van der Waals surface area (Å²) in [6.07, 6.45) is 0. The number of ether oxygens (including phenoxy) is 1. The molecule has 1 N–H and O–H groups in total. The van der Waals surface area contributed by atoms with Crippen LogP contribution in [0.4, 0.5) is 0 Å². The van der Waals surface area contributed by atoms with Crippen LogP contribution >= 0.6 is 0 Å². The SMILES string of the molecule is CCOc1ccc(CN(C)C(=O)CN2CCNCC2)cc1. The first-order chi connectivity index (χ1) is 10.2. The Kier molecular flexibility index (Phi) is 6.02. The van der Waals surface area contributed by atoms with Gasteiger partial charge in [0.2, 0.25) is 5.91 Å². The molecule has 0 radical (unpaired) electrons. The first kappa shape index (κ1) is 15.8. The number of nitrogens with one attached hydrogen (secondary N) is 1. The standard InChI is InChI=1S/C16H25N3O2/c1-3-21-15-6-4-14(5-7-15)12-18(2)16(20)13-19-10-8-17-9-11-19/h4-7,17H,3,8-13H2,1-2H3. The van der Waals surface area contributed by atoms with Crippen molar-refractivity contribution >= 4 is 5.91 Å². The average Bonchev–Trinajstić information content (AvgIpc) is 2.50. The Balaban J connectivity index is 1.81. The van der Waals surface area contributed by atoms with Crippen molar-refractivity contribution in [3.8, 4) is 5.75 Å². The summed E-state index contributed by atoms with van der Waals surface area (Å²) in [6, 6.07) is 7.93. The molecule has 116 valence electrons. The Labute approximate surface area is 126 Å². The highest BCUT2D eigenvalue weighted by Gasteiger charge is 2.16. The van der Waals surface area contributed by atoms with E-state index in [1.54, 1.807) is 4.90 Å². The average molecular weight is 291 g/mol. The minimum Gasteiger partial charge on any atom is -0.494 e. The van der Waals surface area contributed by atoms with Gasteiger partial charge in [0.05, 0.1) is 13.2 Å². The van der Waals surface area contributed by atoms with E-state index in [0.717, 1.165) is 37.5 Å². The summed E-state index contributed by atoms with van der Waals surface area (Å²) in [4.78, 5) is 16.2. The quantitative estimate of drug-likeness (QED) is 0.847. The third-order valence-corrected chi connectivity index (χ3v) is 3.65. The Morgan fingerprint density at radius 3 is 2.57 bits per heavy atom. The van der Waals surface area contributed by atoms with Crippen LogP contribution in [0.5, 0.6) is 5.75 Å². The fourth-order valence-electron chi connectivity index (χ4n) is 2.40. The van der Waals surface area contributed by atoms with Gasteiger partial charge in [0.15, 0.2) is 0 Å². The van der Waals surface area contributed by atoms with E-state index < -0.39 is 0 Å². The van der Waals surface area contributed by atoms with Gasteiger partial charge in [-0.2, -0.15) is 0 Å². The fraction of sp³-hybridized carbons (Fsp3) is 0.562. The van der Waals surface area contributed by atoms with Crippen LogP contribution in [-0.2, 0) is 11.3 Å². The van der Waals surface area contributed by atoms with Crippen molar-refractivity contribution in [1.29, 1.82) is 0 Å². The predicted octanol–water partition coefficient (Wildman–Crippen LogP) is 0.949. The normalized spacial score (nSPS) is 15.7. The highest BCUT2D eigenvalue weighted by Crippen LogP contribution is 2.13. The third-order valence-electron chi connectivity index (χ3n) is 3.65. The molecule has 0 unspecified atom stereocenters. The minimum absolute atomic E-state index is 0.172. The van der Waals surface area contributed by atoms with Gasteiger partial charge in [-0.05, 0) is 24.6 Å². The summed E-state index contributed by atoms with van der Waals surface area (Å²) in [7, 11) is 1.86. The molecule has 1 amide bonds. The summed E-state index contributed by atoms with van der Waals surface area (Å²) < 4.78 is 5.42. The molecule has 1 aromatic rings. The summed E-state index contributed by atoms with van der Waals surface area (Å²) in [6.45, 7) is 7.61. The molecular formula is C16H25N3O2. The maximum Gasteiger partial charge on any atom is 0.236 e. The van der Waals surface area contributed by atoms with Crippen LogP contribution in [0.1, 0.15) is 12.5 Å². The van der Waals surface area contributed by atoms with Gasteiger partial charge in [0.25, 0.3) is 0 Å². The number of amides is 1. The summed E-state index contributed by atoms with van der Waals surface area (Å²) in [5.74, 6) is 1.04. The molecule has 1 heterocycles. The van der Waals surface area contributed by atoms with Crippen molar-refractivity contribution in [3.05, 3.63) is 29.8 Å². The lowest BCUT2D eigenvalue weighted by molar-refractivity contribution is -0.131. The zero-order chi connectivity index (χ0) is 15.1. The van der Waals surface area contributed by atoms with Crippen molar-refractivity contribution in [2.45, 2.75) is 13.5 Å². The maximum absolute atomic E-state index is 12.2. The lowest BCUT2D eigenvalue weighted by atomic mass is 10.2. The smallest absolute Gasteiger partial charge is 0.236 e. The van der Waals surface area contributed by atoms with E-state index in [0.29, 0.717) is 19.7 Å². The molecule has 1 aliphatic rings. The minimum atomic E-state index is 0.172. The second-order valence-electron chi connectivity index (χ2n) is 5.35. The summed E-state index contributed by atoms with van der Waals surface area (Å²) in [5, 5.41) is 3.29. The van der Waals surface area contributed by atoms with Crippen LogP contribution in [-0.4, -0.2) is 62.1 Å². The third kappa shape index (κ3) is 5.02. The van der Waals surface area contributed by atoms with E-state index in [2.05, 4.69) is 10.2 Å². The van der Waals surface area contributed by atoms with Crippen LogP contribution in [0, 0.1) is 0 Å². The molecule has 0 spiro atoms. The van der Waals surface area contributed by atoms with E-state index in [4.69, 9.17) is 4.74 Å². The molecule has 0 aliphatic carbocycles. The molecular weight excluding hydrogens is 266 g/mol. The number of likely N-dealkylation sites (N-methyl/N-ethyl adjacent to an activating group) is 1. The molecule has 1 aliphatic heterocycles. The molecule has 5 nitrogen and oxygen atoms in total. The highest BCUT2D eigenvalue weighted by molar-refractivity contribution is 5.78. The largest absolute Gasteiger partial charge is 0.494 e. The number of benzene rings is 1. The van der Waals surface area contributed by atoms with Gasteiger partial charge in [0.1, 0.15) is 5.75 Å². The topological polar surface area (TPSA) is 44.8 Å². The van der Waals surface area contributed by atoms with Gasteiger partial charge in [0, 0.05) is 39.8 Å². The fourth-order valence-corrected chi connectivity index (χ4v) is 2.40. The lowest BCUT2D eigenvalue weighted by Gasteiger charge is -2.28. The zero-order valence-corrected chi connectivity index (χ0v) is 13.0. The Hall–Kier alpha value is -1.59. The van der Waals surface area contributed by atoms with Crippen LogP contribution in [0.15, 0.2) is 24.3 Å². The molecule has 0 atom stereocenters. The number of hydrogen-bond donors (Lipinski definition) is 1. The number of carbonyl (C=O) groups is 1.